The summed E-state index contributed by atoms with van der Waals surface area (Å²) in [4.78, 5) is 12.3. The van der Waals surface area contributed by atoms with Gasteiger partial charge in [0.2, 0.25) is 11.1 Å². The first kappa shape index (κ1) is 18.8. The molecule has 0 aliphatic carbocycles. The van der Waals surface area contributed by atoms with Gasteiger partial charge in [0.1, 0.15) is 5.75 Å². The molecule has 0 aliphatic heterocycles. The Morgan fingerprint density at radius 2 is 1.89 bits per heavy atom. The molecule has 3 aromatic rings. The molecule has 0 saturated carbocycles. The molecular weight excluding hydrogens is 362 g/mol. The van der Waals surface area contributed by atoms with Crippen molar-refractivity contribution in [1.82, 2.24) is 14.9 Å². The van der Waals surface area contributed by atoms with E-state index in [0.29, 0.717) is 16.7 Å². The molecule has 27 heavy (non-hydrogen) atoms. The summed E-state index contributed by atoms with van der Waals surface area (Å²) in [5.41, 5.74) is 3.68. The maximum atomic E-state index is 12.3. The standard InChI is InChI=1S/C19H21N5O2S/c1-12-6-4-7-13(2)17(12)21-16(25)11-27-19-23-22-18(24(19)20)14-8-5-9-15(10-14)26-3/h4-10H,11,20H2,1-3H3,(H,21,25). The van der Waals surface area contributed by atoms with Crippen LogP contribution in [0, 0.1) is 13.8 Å². The number of aryl methyl sites for hydroxylation is 2. The van der Waals surface area contributed by atoms with Crippen molar-refractivity contribution in [1.29, 1.82) is 0 Å². The van der Waals surface area contributed by atoms with Crippen LogP contribution in [0.2, 0.25) is 0 Å². The van der Waals surface area contributed by atoms with Crippen molar-refractivity contribution < 1.29 is 9.53 Å². The number of nitrogens with two attached hydrogens (primary N) is 1. The number of nitrogens with one attached hydrogen (secondary N) is 1. The van der Waals surface area contributed by atoms with Gasteiger partial charge in [0.05, 0.1) is 12.9 Å². The number of anilines is 1. The third-order valence-corrected chi connectivity index (χ3v) is 5.01. The average molecular weight is 383 g/mol. The van der Waals surface area contributed by atoms with E-state index < -0.39 is 0 Å². The van der Waals surface area contributed by atoms with E-state index in [-0.39, 0.29) is 11.7 Å². The third kappa shape index (κ3) is 4.22. The first-order chi connectivity index (χ1) is 13.0. The molecule has 3 N–H and O–H groups in total. The van der Waals surface area contributed by atoms with Gasteiger partial charge in [-0.15, -0.1) is 10.2 Å². The quantitative estimate of drug-likeness (QED) is 0.502. The normalized spacial score (nSPS) is 10.6. The third-order valence-electron chi connectivity index (χ3n) is 4.07. The number of nitrogen functional groups attached to an aromatic ring is 1. The predicted octanol–water partition coefficient (Wildman–Crippen LogP) is 3.02. The molecule has 0 fully saturated rings. The number of amides is 1. The van der Waals surface area contributed by atoms with Crippen LogP contribution in [0.4, 0.5) is 5.69 Å². The Hall–Kier alpha value is -3.00. The largest absolute Gasteiger partial charge is 0.497 e. The van der Waals surface area contributed by atoms with Gasteiger partial charge in [0.15, 0.2) is 5.82 Å². The number of rotatable bonds is 6. The molecular formula is C19H21N5O2S. The maximum Gasteiger partial charge on any atom is 0.234 e. The Balaban J connectivity index is 1.68. The highest BCUT2D eigenvalue weighted by molar-refractivity contribution is 7.99. The molecule has 0 atom stereocenters. The van der Waals surface area contributed by atoms with Crippen LogP contribution in [0.1, 0.15) is 11.1 Å². The summed E-state index contributed by atoms with van der Waals surface area (Å²) in [6.07, 6.45) is 0. The molecule has 0 bridgehead atoms. The van der Waals surface area contributed by atoms with Gasteiger partial charge in [-0.1, -0.05) is 42.1 Å². The number of aromatic nitrogens is 3. The first-order valence-corrected chi connectivity index (χ1v) is 9.32. The number of carbonyl (C=O) groups excluding carboxylic acids is 1. The van der Waals surface area contributed by atoms with E-state index in [4.69, 9.17) is 10.6 Å². The van der Waals surface area contributed by atoms with E-state index in [1.165, 1.54) is 16.4 Å². The lowest BCUT2D eigenvalue weighted by Gasteiger charge is -2.11. The number of hydrogen-bond acceptors (Lipinski definition) is 6. The molecule has 2 aromatic carbocycles. The second kappa shape index (κ2) is 8.13. The van der Waals surface area contributed by atoms with Crippen molar-refractivity contribution in [3.8, 4) is 17.1 Å². The Morgan fingerprint density at radius 1 is 1.19 bits per heavy atom. The monoisotopic (exact) mass is 383 g/mol. The van der Waals surface area contributed by atoms with Crippen molar-refractivity contribution in [3.05, 3.63) is 53.6 Å². The van der Waals surface area contributed by atoms with Crippen LogP contribution in [0.5, 0.6) is 5.75 Å². The summed E-state index contributed by atoms with van der Waals surface area (Å²) in [7, 11) is 1.60. The SMILES string of the molecule is COc1cccc(-c2nnc(SCC(=O)Nc3c(C)cccc3C)n2N)c1. The molecule has 7 nitrogen and oxygen atoms in total. The summed E-state index contributed by atoms with van der Waals surface area (Å²) in [5.74, 6) is 7.38. The number of para-hydroxylation sites is 1. The Bertz CT molecular complexity index is 950. The van der Waals surface area contributed by atoms with Crippen LogP contribution in [0.15, 0.2) is 47.6 Å². The minimum absolute atomic E-state index is 0.122. The predicted molar refractivity (Wildman–Crippen MR) is 107 cm³/mol. The number of benzene rings is 2. The fourth-order valence-corrected chi connectivity index (χ4v) is 3.31. The van der Waals surface area contributed by atoms with E-state index >= 15 is 0 Å². The summed E-state index contributed by atoms with van der Waals surface area (Å²) in [6, 6.07) is 13.3. The van der Waals surface area contributed by atoms with Crippen LogP contribution < -0.4 is 15.9 Å². The molecule has 0 radical (unpaired) electrons. The van der Waals surface area contributed by atoms with Gasteiger partial charge < -0.3 is 15.9 Å². The summed E-state index contributed by atoms with van der Waals surface area (Å²) >= 11 is 1.23. The van der Waals surface area contributed by atoms with Crippen LogP contribution >= 0.6 is 11.8 Å². The van der Waals surface area contributed by atoms with Crippen LogP contribution in [0.25, 0.3) is 11.4 Å². The Kier molecular flexibility index (Phi) is 5.66. The molecule has 0 aliphatic rings. The van der Waals surface area contributed by atoms with Gasteiger partial charge in [0, 0.05) is 11.3 Å². The lowest BCUT2D eigenvalue weighted by molar-refractivity contribution is -0.113. The molecule has 1 amide bonds. The van der Waals surface area contributed by atoms with Crippen molar-refractivity contribution in [3.63, 3.8) is 0 Å². The fourth-order valence-electron chi connectivity index (χ4n) is 2.65. The zero-order valence-corrected chi connectivity index (χ0v) is 16.2. The Morgan fingerprint density at radius 3 is 2.59 bits per heavy atom. The smallest absolute Gasteiger partial charge is 0.234 e. The lowest BCUT2D eigenvalue weighted by atomic mass is 10.1. The zero-order chi connectivity index (χ0) is 19.4. The summed E-state index contributed by atoms with van der Waals surface area (Å²) < 4.78 is 6.60. The van der Waals surface area contributed by atoms with E-state index in [2.05, 4.69) is 15.5 Å². The number of thioether (sulfide) groups is 1. The van der Waals surface area contributed by atoms with E-state index in [9.17, 15) is 4.79 Å². The lowest BCUT2D eigenvalue weighted by Crippen LogP contribution is -2.17. The molecule has 0 spiro atoms. The van der Waals surface area contributed by atoms with Gasteiger partial charge in [-0.2, -0.15) is 0 Å². The number of methoxy groups -OCH3 is 1. The van der Waals surface area contributed by atoms with Gasteiger partial charge in [-0.05, 0) is 37.1 Å². The second-order valence-electron chi connectivity index (χ2n) is 6.01. The highest BCUT2D eigenvalue weighted by atomic mass is 32.2. The highest BCUT2D eigenvalue weighted by Gasteiger charge is 2.15. The number of nitrogens with zero attached hydrogens (tertiary/aromatic N) is 3. The number of carbonyl (C=O) groups is 1. The number of ether oxygens (including phenoxy) is 1. The Labute approximate surface area is 161 Å². The van der Waals surface area contributed by atoms with Crippen LogP contribution in [-0.2, 0) is 4.79 Å². The van der Waals surface area contributed by atoms with E-state index in [0.717, 1.165) is 22.4 Å². The summed E-state index contributed by atoms with van der Waals surface area (Å²) in [5, 5.41) is 11.6. The molecule has 0 saturated heterocycles. The van der Waals surface area contributed by atoms with Crippen molar-refractivity contribution >= 4 is 23.4 Å². The van der Waals surface area contributed by atoms with Gasteiger partial charge in [0.25, 0.3) is 0 Å². The van der Waals surface area contributed by atoms with E-state index in [1.54, 1.807) is 7.11 Å². The van der Waals surface area contributed by atoms with Gasteiger partial charge in [-0.3, -0.25) is 4.79 Å². The highest BCUT2D eigenvalue weighted by Crippen LogP contribution is 2.25. The van der Waals surface area contributed by atoms with Gasteiger partial charge >= 0.3 is 0 Å². The number of hydrogen-bond donors (Lipinski definition) is 2. The molecule has 3 rings (SSSR count). The van der Waals surface area contributed by atoms with Crippen molar-refractivity contribution in [2.45, 2.75) is 19.0 Å². The maximum absolute atomic E-state index is 12.3. The fraction of sp³-hybridized carbons (Fsp3) is 0.211. The average Bonchev–Trinajstić information content (AvgIpc) is 3.04. The van der Waals surface area contributed by atoms with E-state index in [1.807, 2.05) is 56.3 Å². The minimum Gasteiger partial charge on any atom is -0.497 e. The molecule has 140 valence electrons. The topological polar surface area (TPSA) is 95.1 Å². The van der Waals surface area contributed by atoms with Crippen molar-refractivity contribution in [2.24, 2.45) is 0 Å². The molecule has 1 heterocycles. The van der Waals surface area contributed by atoms with Crippen LogP contribution in [-0.4, -0.2) is 33.6 Å². The summed E-state index contributed by atoms with van der Waals surface area (Å²) in [6.45, 7) is 3.93. The molecule has 1 aromatic heterocycles. The van der Waals surface area contributed by atoms with Crippen LogP contribution in [0.3, 0.4) is 0 Å². The molecule has 0 unspecified atom stereocenters. The first-order valence-electron chi connectivity index (χ1n) is 8.33. The van der Waals surface area contributed by atoms with Crippen molar-refractivity contribution in [2.75, 3.05) is 24.0 Å². The molecule has 8 heteroatoms. The zero-order valence-electron chi connectivity index (χ0n) is 15.4. The minimum atomic E-state index is -0.122. The second-order valence-corrected chi connectivity index (χ2v) is 6.95. The van der Waals surface area contributed by atoms with Gasteiger partial charge in [-0.25, -0.2) is 4.68 Å².